The van der Waals surface area contributed by atoms with E-state index in [4.69, 9.17) is 4.42 Å². The van der Waals surface area contributed by atoms with Gasteiger partial charge in [-0.1, -0.05) is 26.8 Å². The molecule has 0 fully saturated rings. The first-order valence-electron chi connectivity index (χ1n) is 11.2. The van der Waals surface area contributed by atoms with Gasteiger partial charge in [0.15, 0.2) is 11.6 Å². The lowest BCUT2D eigenvalue weighted by molar-refractivity contribution is 0.0696. The molecule has 0 atom stereocenters. The summed E-state index contributed by atoms with van der Waals surface area (Å²) in [5.41, 5.74) is 2.93. The molecular formula is C26H25F2N3O4. The van der Waals surface area contributed by atoms with Gasteiger partial charge in [-0.25, -0.2) is 18.6 Å². The quantitative estimate of drug-likeness (QED) is 0.357. The molecule has 0 aliphatic heterocycles. The van der Waals surface area contributed by atoms with E-state index in [1.165, 1.54) is 18.5 Å². The van der Waals surface area contributed by atoms with E-state index >= 15 is 0 Å². The maximum Gasteiger partial charge on any atom is 0.335 e. The summed E-state index contributed by atoms with van der Waals surface area (Å²) in [5, 5.41) is 13.1. The molecule has 0 saturated carbocycles. The zero-order valence-corrected chi connectivity index (χ0v) is 19.6. The Labute approximate surface area is 200 Å². The van der Waals surface area contributed by atoms with Gasteiger partial charge in [0.25, 0.3) is 5.91 Å². The second-order valence-electron chi connectivity index (χ2n) is 8.55. The van der Waals surface area contributed by atoms with Crippen molar-refractivity contribution in [2.24, 2.45) is 0 Å². The Morgan fingerprint density at radius 3 is 2.54 bits per heavy atom. The third kappa shape index (κ3) is 4.66. The number of hydrogen-bond acceptors (Lipinski definition) is 4. The average molecular weight is 481 g/mol. The highest BCUT2D eigenvalue weighted by Crippen LogP contribution is 2.35. The van der Waals surface area contributed by atoms with Gasteiger partial charge in [0, 0.05) is 17.6 Å². The Balaban J connectivity index is 1.88. The van der Waals surface area contributed by atoms with Crippen LogP contribution in [-0.2, 0) is 19.5 Å². The summed E-state index contributed by atoms with van der Waals surface area (Å²) in [6.07, 6.45) is 3.47. The molecule has 0 aliphatic rings. The number of aromatic carboxylic acids is 1. The third-order valence-corrected chi connectivity index (χ3v) is 5.90. The minimum Gasteiger partial charge on any atom is -0.478 e. The number of hydrogen-bond donors (Lipinski definition) is 2. The van der Waals surface area contributed by atoms with Crippen LogP contribution in [0.15, 0.2) is 47.2 Å². The number of aryl methyl sites for hydroxylation is 1. The van der Waals surface area contributed by atoms with Crippen LogP contribution in [0.5, 0.6) is 0 Å². The summed E-state index contributed by atoms with van der Waals surface area (Å²) in [7, 11) is 0. The van der Waals surface area contributed by atoms with Gasteiger partial charge in [-0.3, -0.25) is 4.79 Å². The van der Waals surface area contributed by atoms with E-state index in [2.05, 4.69) is 10.3 Å². The molecule has 35 heavy (non-hydrogen) atoms. The van der Waals surface area contributed by atoms with Crippen LogP contribution in [0, 0.1) is 11.6 Å². The van der Waals surface area contributed by atoms with E-state index in [0.29, 0.717) is 45.6 Å². The average Bonchev–Trinajstić information content (AvgIpc) is 3.45. The number of carbonyl (C=O) groups excluding carboxylic acids is 1. The lowest BCUT2D eigenvalue weighted by atomic mass is 9.97. The lowest BCUT2D eigenvalue weighted by Gasteiger charge is -2.14. The minimum absolute atomic E-state index is 0.00531. The number of carboxylic acid groups (broad SMARTS) is 1. The van der Waals surface area contributed by atoms with Crippen LogP contribution in [0.25, 0.3) is 10.9 Å². The Bertz CT molecular complexity index is 1410. The predicted octanol–water partition coefficient (Wildman–Crippen LogP) is 5.27. The number of oxazole rings is 1. The highest BCUT2D eigenvalue weighted by Gasteiger charge is 2.28. The molecule has 2 heterocycles. The van der Waals surface area contributed by atoms with Crippen LogP contribution in [-0.4, -0.2) is 26.5 Å². The monoisotopic (exact) mass is 481 g/mol. The van der Waals surface area contributed by atoms with Crippen molar-refractivity contribution in [3.8, 4) is 0 Å². The van der Waals surface area contributed by atoms with Gasteiger partial charge in [0.2, 0.25) is 5.89 Å². The van der Waals surface area contributed by atoms with Gasteiger partial charge >= 0.3 is 5.97 Å². The van der Waals surface area contributed by atoms with E-state index < -0.39 is 23.5 Å². The molecular weight excluding hydrogens is 456 g/mol. The standard InChI is InChI=1S/C26H25F2N3O4/c1-4-16-10-17(26(33)34)11-20-22(16)23(24(14(2)3)31(20)13-21-29-7-8-35-21)25(32)30-12-15-5-6-18(27)19(28)9-15/h5-11,14H,4,12-13H2,1-3H3,(H,30,32)(H,33,34). The topological polar surface area (TPSA) is 97.4 Å². The molecule has 0 bridgehead atoms. The molecule has 0 saturated heterocycles. The van der Waals surface area contributed by atoms with Crippen molar-refractivity contribution in [2.75, 3.05) is 0 Å². The largest absolute Gasteiger partial charge is 0.478 e. The van der Waals surface area contributed by atoms with Crippen LogP contribution < -0.4 is 5.32 Å². The van der Waals surface area contributed by atoms with Gasteiger partial charge in [0.1, 0.15) is 6.26 Å². The number of benzene rings is 2. The van der Waals surface area contributed by atoms with Crippen molar-refractivity contribution < 1.29 is 27.9 Å². The summed E-state index contributed by atoms with van der Waals surface area (Å²) in [5.74, 6) is -3.11. The number of aromatic nitrogens is 2. The second kappa shape index (κ2) is 9.69. The molecule has 2 aromatic carbocycles. The molecule has 4 rings (SSSR count). The van der Waals surface area contributed by atoms with Gasteiger partial charge in [-0.15, -0.1) is 0 Å². The highest BCUT2D eigenvalue weighted by molar-refractivity contribution is 6.11. The molecule has 7 nitrogen and oxygen atoms in total. The maximum absolute atomic E-state index is 13.6. The predicted molar refractivity (Wildman–Crippen MR) is 125 cm³/mol. The van der Waals surface area contributed by atoms with Crippen molar-refractivity contribution >= 4 is 22.8 Å². The van der Waals surface area contributed by atoms with E-state index in [1.807, 2.05) is 25.3 Å². The van der Waals surface area contributed by atoms with Crippen LogP contribution in [0.3, 0.4) is 0 Å². The number of amides is 1. The van der Waals surface area contributed by atoms with E-state index in [1.54, 1.807) is 12.1 Å². The molecule has 9 heteroatoms. The zero-order valence-electron chi connectivity index (χ0n) is 19.6. The summed E-state index contributed by atoms with van der Waals surface area (Å²) in [6, 6.07) is 6.60. The van der Waals surface area contributed by atoms with Gasteiger partial charge in [-0.2, -0.15) is 0 Å². The summed E-state index contributed by atoms with van der Waals surface area (Å²) in [4.78, 5) is 29.6. The SMILES string of the molecule is CCc1cc(C(=O)O)cc2c1c(C(=O)NCc1ccc(F)c(F)c1)c(C(C)C)n2Cc1ncco1. The number of nitrogens with one attached hydrogen (secondary N) is 1. The molecule has 0 unspecified atom stereocenters. The van der Waals surface area contributed by atoms with Crippen molar-refractivity contribution in [2.45, 2.75) is 46.2 Å². The van der Waals surface area contributed by atoms with E-state index in [0.717, 1.165) is 12.1 Å². The maximum atomic E-state index is 13.6. The molecule has 0 spiro atoms. The number of carbonyl (C=O) groups is 2. The van der Waals surface area contributed by atoms with E-state index in [9.17, 15) is 23.5 Å². The van der Waals surface area contributed by atoms with Crippen LogP contribution >= 0.6 is 0 Å². The Morgan fingerprint density at radius 2 is 1.94 bits per heavy atom. The second-order valence-corrected chi connectivity index (χ2v) is 8.55. The Kier molecular flexibility index (Phi) is 6.68. The molecule has 0 radical (unpaired) electrons. The number of halogens is 2. The highest BCUT2D eigenvalue weighted by atomic mass is 19.2. The minimum atomic E-state index is -1.07. The first-order chi connectivity index (χ1) is 16.7. The van der Waals surface area contributed by atoms with Crippen molar-refractivity contribution in [1.29, 1.82) is 0 Å². The first-order valence-corrected chi connectivity index (χ1v) is 11.2. The van der Waals surface area contributed by atoms with Crippen LogP contribution in [0.1, 0.15) is 70.1 Å². The molecule has 2 N–H and O–H groups in total. The van der Waals surface area contributed by atoms with Crippen LogP contribution in [0.2, 0.25) is 0 Å². The fraction of sp³-hybridized carbons (Fsp3) is 0.269. The van der Waals surface area contributed by atoms with Crippen LogP contribution in [0.4, 0.5) is 8.78 Å². The van der Waals surface area contributed by atoms with Crippen molar-refractivity contribution in [3.05, 3.63) is 88.3 Å². The number of fused-ring (bicyclic) bond motifs is 1. The van der Waals surface area contributed by atoms with E-state index in [-0.39, 0.29) is 24.6 Å². The van der Waals surface area contributed by atoms with Crippen molar-refractivity contribution in [3.63, 3.8) is 0 Å². The summed E-state index contributed by atoms with van der Waals surface area (Å²) < 4.78 is 34.2. The molecule has 1 amide bonds. The first kappa shape index (κ1) is 24.1. The summed E-state index contributed by atoms with van der Waals surface area (Å²) >= 11 is 0. The third-order valence-electron chi connectivity index (χ3n) is 5.90. The molecule has 4 aromatic rings. The Hall–Kier alpha value is -4.01. The van der Waals surface area contributed by atoms with Gasteiger partial charge in [0.05, 0.1) is 29.4 Å². The zero-order chi connectivity index (χ0) is 25.3. The Morgan fingerprint density at radius 1 is 1.17 bits per heavy atom. The fourth-order valence-corrected chi connectivity index (χ4v) is 4.37. The number of nitrogens with zero attached hydrogens (tertiary/aromatic N) is 2. The number of rotatable bonds is 8. The molecule has 0 aliphatic carbocycles. The molecule has 182 valence electrons. The smallest absolute Gasteiger partial charge is 0.335 e. The normalized spacial score (nSPS) is 11.4. The van der Waals surface area contributed by atoms with Gasteiger partial charge < -0.3 is 19.4 Å². The fourth-order valence-electron chi connectivity index (χ4n) is 4.37. The lowest BCUT2D eigenvalue weighted by Crippen LogP contribution is -2.25. The number of carboxylic acids is 1. The molecule has 2 aromatic heterocycles. The summed E-state index contributed by atoms with van der Waals surface area (Å²) in [6.45, 7) is 5.98. The van der Waals surface area contributed by atoms with Gasteiger partial charge in [-0.05, 0) is 47.7 Å². The van der Waals surface area contributed by atoms with Crippen molar-refractivity contribution in [1.82, 2.24) is 14.9 Å².